The number of carbonyl (C=O) groups is 1. The maximum Gasteiger partial charge on any atom is 0.221 e. The highest BCUT2D eigenvalue weighted by Gasteiger charge is 2.40. The minimum absolute atomic E-state index is 0.167. The van der Waals surface area contributed by atoms with Crippen molar-refractivity contribution >= 4 is 5.91 Å². The third-order valence-corrected chi connectivity index (χ3v) is 3.84. The topological polar surface area (TPSA) is 56.1 Å². The number of likely N-dealkylation sites (tertiary alicyclic amines) is 1. The molecular weight excluding hydrogens is 226 g/mol. The molecule has 2 aliphatic rings. The maximum absolute atomic E-state index is 11.4. The summed E-state index contributed by atoms with van der Waals surface area (Å²) in [6.07, 6.45) is 1.65. The first-order chi connectivity index (χ1) is 8.76. The molecule has 0 saturated carbocycles. The molecule has 3 rings (SSSR count). The van der Waals surface area contributed by atoms with Gasteiger partial charge in [0.15, 0.2) is 0 Å². The number of amides is 1. The Balaban J connectivity index is 1.73. The van der Waals surface area contributed by atoms with Crippen LogP contribution < -0.4 is 5.32 Å². The minimum atomic E-state index is 0.167. The largest absolute Gasteiger partial charge is 0.352 e. The van der Waals surface area contributed by atoms with Crippen LogP contribution in [0.25, 0.3) is 0 Å². The van der Waals surface area contributed by atoms with Gasteiger partial charge < -0.3 is 5.32 Å². The van der Waals surface area contributed by atoms with E-state index in [1.165, 1.54) is 0 Å². The molecule has 1 aromatic carbocycles. The normalized spacial score (nSPS) is 26.7. The summed E-state index contributed by atoms with van der Waals surface area (Å²) in [5, 5.41) is 11.9. The average Bonchev–Trinajstić information content (AvgIpc) is 2.90. The van der Waals surface area contributed by atoms with Gasteiger partial charge in [-0.15, -0.1) is 0 Å². The van der Waals surface area contributed by atoms with E-state index in [-0.39, 0.29) is 5.91 Å². The molecule has 2 atom stereocenters. The van der Waals surface area contributed by atoms with Gasteiger partial charge in [0.1, 0.15) is 0 Å². The first-order valence-electron chi connectivity index (χ1n) is 6.29. The van der Waals surface area contributed by atoms with Gasteiger partial charge in [0.2, 0.25) is 5.91 Å². The number of hydrogen-bond acceptors (Lipinski definition) is 3. The molecule has 92 valence electrons. The van der Waals surface area contributed by atoms with Crippen LogP contribution in [0.15, 0.2) is 24.3 Å². The van der Waals surface area contributed by atoms with Crippen LogP contribution in [0.1, 0.15) is 24.0 Å². The SMILES string of the molecule is N#Cc1cccc(CN2CC[C@@H]3NC(=O)C[C@H]32)c1. The molecule has 1 aromatic rings. The lowest BCUT2D eigenvalue weighted by Gasteiger charge is -2.22. The van der Waals surface area contributed by atoms with E-state index in [1.807, 2.05) is 24.3 Å². The Hall–Kier alpha value is -1.86. The number of nitriles is 1. The van der Waals surface area contributed by atoms with Crippen LogP contribution in [0.3, 0.4) is 0 Å². The van der Waals surface area contributed by atoms with Gasteiger partial charge in [0.05, 0.1) is 11.6 Å². The summed E-state index contributed by atoms with van der Waals surface area (Å²) in [5.74, 6) is 0.167. The number of nitrogens with one attached hydrogen (secondary N) is 1. The van der Waals surface area contributed by atoms with E-state index in [0.717, 1.165) is 25.1 Å². The third-order valence-electron chi connectivity index (χ3n) is 3.84. The van der Waals surface area contributed by atoms with E-state index in [4.69, 9.17) is 5.26 Å². The number of hydrogen-bond donors (Lipinski definition) is 1. The predicted molar refractivity (Wildman–Crippen MR) is 66.5 cm³/mol. The lowest BCUT2D eigenvalue weighted by atomic mass is 10.1. The van der Waals surface area contributed by atoms with E-state index in [1.54, 1.807) is 0 Å². The van der Waals surface area contributed by atoms with Crippen molar-refractivity contribution in [2.24, 2.45) is 0 Å². The van der Waals surface area contributed by atoms with Gasteiger partial charge in [-0.05, 0) is 24.1 Å². The molecule has 0 aliphatic carbocycles. The van der Waals surface area contributed by atoms with Gasteiger partial charge in [-0.1, -0.05) is 12.1 Å². The molecule has 2 fully saturated rings. The summed E-state index contributed by atoms with van der Waals surface area (Å²) in [6.45, 7) is 1.85. The van der Waals surface area contributed by atoms with E-state index < -0.39 is 0 Å². The second-order valence-electron chi connectivity index (χ2n) is 5.02. The van der Waals surface area contributed by atoms with Gasteiger partial charge in [0.25, 0.3) is 0 Å². The standard InChI is InChI=1S/C14H15N3O/c15-8-10-2-1-3-11(6-10)9-17-5-4-12-13(17)7-14(18)16-12/h1-3,6,12-13H,4-5,7,9H2,(H,16,18)/t12-,13+/m0/s1. The van der Waals surface area contributed by atoms with Crippen molar-refractivity contribution in [3.05, 3.63) is 35.4 Å². The number of rotatable bonds is 2. The highest BCUT2D eigenvalue weighted by Crippen LogP contribution is 2.27. The van der Waals surface area contributed by atoms with Crippen LogP contribution in [-0.2, 0) is 11.3 Å². The van der Waals surface area contributed by atoms with E-state index in [0.29, 0.717) is 24.1 Å². The van der Waals surface area contributed by atoms with Crippen molar-refractivity contribution in [3.8, 4) is 6.07 Å². The summed E-state index contributed by atoms with van der Waals surface area (Å²) >= 11 is 0. The van der Waals surface area contributed by atoms with Crippen molar-refractivity contribution in [1.29, 1.82) is 5.26 Å². The zero-order chi connectivity index (χ0) is 12.5. The molecule has 4 nitrogen and oxygen atoms in total. The molecule has 0 spiro atoms. The number of nitrogens with zero attached hydrogens (tertiary/aromatic N) is 2. The van der Waals surface area contributed by atoms with Gasteiger partial charge in [-0.25, -0.2) is 0 Å². The summed E-state index contributed by atoms with van der Waals surface area (Å²) in [5.41, 5.74) is 1.85. The highest BCUT2D eigenvalue weighted by molar-refractivity contribution is 5.80. The van der Waals surface area contributed by atoms with Crippen LogP contribution in [0.2, 0.25) is 0 Å². The van der Waals surface area contributed by atoms with Gasteiger partial charge in [-0.2, -0.15) is 5.26 Å². The summed E-state index contributed by atoms with van der Waals surface area (Å²) in [6, 6.07) is 10.5. The summed E-state index contributed by atoms with van der Waals surface area (Å²) in [4.78, 5) is 13.7. The lowest BCUT2D eigenvalue weighted by molar-refractivity contribution is -0.119. The molecule has 0 radical (unpaired) electrons. The van der Waals surface area contributed by atoms with Crippen molar-refractivity contribution in [1.82, 2.24) is 10.2 Å². The second kappa shape index (κ2) is 4.43. The van der Waals surface area contributed by atoms with Crippen LogP contribution in [0, 0.1) is 11.3 Å². The van der Waals surface area contributed by atoms with Crippen molar-refractivity contribution in [2.45, 2.75) is 31.5 Å². The first-order valence-corrected chi connectivity index (χ1v) is 6.29. The van der Waals surface area contributed by atoms with Crippen molar-refractivity contribution < 1.29 is 4.79 Å². The van der Waals surface area contributed by atoms with Crippen molar-refractivity contribution in [2.75, 3.05) is 6.54 Å². The lowest BCUT2D eigenvalue weighted by Crippen LogP contribution is -2.33. The van der Waals surface area contributed by atoms with E-state index in [9.17, 15) is 4.79 Å². The molecule has 2 saturated heterocycles. The molecule has 0 unspecified atom stereocenters. The fraction of sp³-hybridized carbons (Fsp3) is 0.429. The fourth-order valence-corrected chi connectivity index (χ4v) is 2.98. The zero-order valence-corrected chi connectivity index (χ0v) is 10.1. The maximum atomic E-state index is 11.4. The average molecular weight is 241 g/mol. The van der Waals surface area contributed by atoms with E-state index in [2.05, 4.69) is 16.3 Å². The van der Waals surface area contributed by atoms with E-state index >= 15 is 0 Å². The van der Waals surface area contributed by atoms with Crippen LogP contribution in [0.4, 0.5) is 0 Å². The highest BCUT2D eigenvalue weighted by atomic mass is 16.2. The third kappa shape index (κ3) is 1.98. The molecule has 2 aliphatic heterocycles. The quantitative estimate of drug-likeness (QED) is 0.841. The smallest absolute Gasteiger partial charge is 0.221 e. The second-order valence-corrected chi connectivity index (χ2v) is 5.02. The molecule has 0 bridgehead atoms. The molecule has 18 heavy (non-hydrogen) atoms. The molecule has 1 N–H and O–H groups in total. The van der Waals surface area contributed by atoms with Crippen LogP contribution >= 0.6 is 0 Å². The monoisotopic (exact) mass is 241 g/mol. The molecule has 1 amide bonds. The van der Waals surface area contributed by atoms with Crippen LogP contribution in [0.5, 0.6) is 0 Å². The molecule has 2 heterocycles. The fourth-order valence-electron chi connectivity index (χ4n) is 2.98. The zero-order valence-electron chi connectivity index (χ0n) is 10.1. The summed E-state index contributed by atoms with van der Waals surface area (Å²) < 4.78 is 0. The number of benzene rings is 1. The summed E-state index contributed by atoms with van der Waals surface area (Å²) in [7, 11) is 0. The molecule has 0 aromatic heterocycles. The Labute approximate surface area is 106 Å². The Morgan fingerprint density at radius 1 is 1.50 bits per heavy atom. The molecular formula is C14H15N3O. The van der Waals surface area contributed by atoms with Crippen molar-refractivity contribution in [3.63, 3.8) is 0 Å². The van der Waals surface area contributed by atoms with Gasteiger partial charge in [-0.3, -0.25) is 9.69 Å². The minimum Gasteiger partial charge on any atom is -0.352 e. The van der Waals surface area contributed by atoms with Gasteiger partial charge >= 0.3 is 0 Å². The predicted octanol–water partition coefficient (Wildman–Crippen LogP) is 1.02. The first kappa shape index (κ1) is 11.2. The Morgan fingerprint density at radius 2 is 2.39 bits per heavy atom. The Kier molecular flexibility index (Phi) is 2.77. The number of fused-ring (bicyclic) bond motifs is 1. The molecule has 4 heteroatoms. The Bertz CT molecular complexity index is 520. The number of carbonyl (C=O) groups excluding carboxylic acids is 1. The van der Waals surface area contributed by atoms with Gasteiger partial charge in [0, 0.05) is 31.6 Å². The van der Waals surface area contributed by atoms with Crippen LogP contribution in [-0.4, -0.2) is 29.4 Å². The Morgan fingerprint density at radius 3 is 3.22 bits per heavy atom.